The Labute approximate surface area is 198 Å². The second-order valence-corrected chi connectivity index (χ2v) is 9.60. The monoisotopic (exact) mass is 469 g/mol. The van der Waals surface area contributed by atoms with E-state index in [0.29, 0.717) is 48.9 Å². The zero-order chi connectivity index (χ0) is 23.4. The summed E-state index contributed by atoms with van der Waals surface area (Å²) in [6, 6.07) is 8.91. The summed E-state index contributed by atoms with van der Waals surface area (Å²) in [4.78, 5) is 43.6. The van der Waals surface area contributed by atoms with Gasteiger partial charge in [0.15, 0.2) is 0 Å². The number of amides is 2. The maximum absolute atomic E-state index is 13.1. The average Bonchev–Trinajstić information content (AvgIpc) is 3.21. The van der Waals surface area contributed by atoms with Crippen LogP contribution in [0.1, 0.15) is 57.8 Å². The number of hydrogen-bond donors (Lipinski definition) is 1. The van der Waals surface area contributed by atoms with Crippen molar-refractivity contribution in [3.05, 3.63) is 51.9 Å². The molecule has 1 aromatic carbocycles. The number of hydrogen-bond acceptors (Lipinski definition) is 6. The van der Waals surface area contributed by atoms with Crippen LogP contribution in [0, 0.1) is 0 Å². The third-order valence-electron chi connectivity index (χ3n) is 6.44. The van der Waals surface area contributed by atoms with Crippen molar-refractivity contribution in [1.29, 1.82) is 0 Å². The number of ether oxygens (including phenoxy) is 1. The van der Waals surface area contributed by atoms with Gasteiger partial charge in [-0.2, -0.15) is 0 Å². The molecular formula is C25H31N3O4S. The second kappa shape index (κ2) is 10.5. The van der Waals surface area contributed by atoms with Gasteiger partial charge in [0.2, 0.25) is 5.91 Å². The van der Waals surface area contributed by atoms with E-state index in [1.54, 1.807) is 6.92 Å². The SMILES string of the molecule is CCOC(=O)c1c(NC(=O)C(C)N2CCN(C(=O)c3ccccc3)CC2)sc2c1CCCC2. The summed E-state index contributed by atoms with van der Waals surface area (Å²) in [6.45, 7) is 6.37. The number of carbonyl (C=O) groups excluding carboxylic acids is 3. The Hall–Kier alpha value is -2.71. The maximum Gasteiger partial charge on any atom is 0.341 e. The molecule has 2 aliphatic rings. The fraction of sp³-hybridized carbons (Fsp3) is 0.480. The number of nitrogens with zero attached hydrogens (tertiary/aromatic N) is 2. The van der Waals surface area contributed by atoms with Crippen LogP contribution in [-0.2, 0) is 22.4 Å². The van der Waals surface area contributed by atoms with Gasteiger partial charge in [-0.15, -0.1) is 11.3 Å². The molecule has 2 amide bonds. The summed E-state index contributed by atoms with van der Waals surface area (Å²) >= 11 is 1.51. The van der Waals surface area contributed by atoms with Crippen LogP contribution >= 0.6 is 11.3 Å². The van der Waals surface area contributed by atoms with E-state index < -0.39 is 0 Å². The van der Waals surface area contributed by atoms with Crippen LogP contribution in [0.5, 0.6) is 0 Å². The number of anilines is 1. The molecular weight excluding hydrogens is 438 g/mol. The first-order valence-electron chi connectivity index (χ1n) is 11.7. The molecule has 0 radical (unpaired) electrons. The predicted octanol–water partition coefficient (Wildman–Crippen LogP) is 3.59. The molecule has 1 aliphatic carbocycles. The molecule has 0 saturated carbocycles. The highest BCUT2D eigenvalue weighted by Gasteiger charge is 2.31. The highest BCUT2D eigenvalue weighted by atomic mass is 32.1. The third kappa shape index (κ3) is 5.12. The van der Waals surface area contributed by atoms with Gasteiger partial charge in [0.25, 0.3) is 5.91 Å². The Morgan fingerprint density at radius 2 is 1.76 bits per heavy atom. The van der Waals surface area contributed by atoms with Gasteiger partial charge < -0.3 is 15.0 Å². The molecule has 33 heavy (non-hydrogen) atoms. The van der Waals surface area contributed by atoms with Gasteiger partial charge in [-0.05, 0) is 57.2 Å². The van der Waals surface area contributed by atoms with Crippen molar-refractivity contribution in [2.45, 2.75) is 45.6 Å². The number of thiophene rings is 1. The van der Waals surface area contributed by atoms with E-state index in [4.69, 9.17) is 4.74 Å². The van der Waals surface area contributed by atoms with Crippen molar-refractivity contribution < 1.29 is 19.1 Å². The van der Waals surface area contributed by atoms with Gasteiger partial charge in [0, 0.05) is 36.6 Å². The van der Waals surface area contributed by atoms with Crippen molar-refractivity contribution in [3.8, 4) is 0 Å². The minimum absolute atomic E-state index is 0.0237. The molecule has 176 valence electrons. The number of esters is 1. The van der Waals surface area contributed by atoms with Gasteiger partial charge in [-0.1, -0.05) is 18.2 Å². The summed E-state index contributed by atoms with van der Waals surface area (Å²) in [7, 11) is 0. The van der Waals surface area contributed by atoms with Crippen LogP contribution in [0.25, 0.3) is 0 Å². The number of carbonyl (C=O) groups is 3. The third-order valence-corrected chi connectivity index (χ3v) is 7.64. The molecule has 1 saturated heterocycles. The zero-order valence-electron chi connectivity index (χ0n) is 19.3. The lowest BCUT2D eigenvalue weighted by atomic mass is 9.95. The Morgan fingerprint density at radius 3 is 2.45 bits per heavy atom. The smallest absolute Gasteiger partial charge is 0.341 e. The van der Waals surface area contributed by atoms with Crippen LogP contribution < -0.4 is 5.32 Å². The fourth-order valence-corrected chi connectivity index (χ4v) is 5.81. The van der Waals surface area contributed by atoms with Crippen molar-refractivity contribution in [2.75, 3.05) is 38.1 Å². The number of fused-ring (bicyclic) bond motifs is 1. The Morgan fingerprint density at radius 1 is 1.06 bits per heavy atom. The number of aryl methyl sites for hydroxylation is 1. The molecule has 8 heteroatoms. The molecule has 1 aromatic heterocycles. The average molecular weight is 470 g/mol. The van der Waals surface area contributed by atoms with Crippen molar-refractivity contribution in [1.82, 2.24) is 9.80 Å². The van der Waals surface area contributed by atoms with Crippen molar-refractivity contribution in [2.24, 2.45) is 0 Å². The normalized spacial score (nSPS) is 17.2. The number of nitrogens with one attached hydrogen (secondary N) is 1. The standard InChI is InChI=1S/C25H31N3O4S/c1-3-32-25(31)21-19-11-7-8-12-20(19)33-23(21)26-22(29)17(2)27-13-15-28(16-14-27)24(30)18-9-5-4-6-10-18/h4-6,9-10,17H,3,7-8,11-16H2,1-2H3,(H,26,29). The first-order chi connectivity index (χ1) is 16.0. The topological polar surface area (TPSA) is 79.0 Å². The molecule has 2 aromatic rings. The Bertz CT molecular complexity index is 1010. The number of rotatable bonds is 6. The minimum atomic E-state index is -0.367. The van der Waals surface area contributed by atoms with E-state index >= 15 is 0 Å². The van der Waals surface area contributed by atoms with Gasteiger partial charge in [-0.25, -0.2) is 4.79 Å². The van der Waals surface area contributed by atoms with Crippen LogP contribution in [0.15, 0.2) is 30.3 Å². The van der Waals surface area contributed by atoms with Gasteiger partial charge >= 0.3 is 5.97 Å². The van der Waals surface area contributed by atoms with E-state index in [1.807, 2.05) is 42.2 Å². The lowest BCUT2D eigenvalue weighted by Crippen LogP contribution is -2.54. The second-order valence-electron chi connectivity index (χ2n) is 8.49. The zero-order valence-corrected chi connectivity index (χ0v) is 20.1. The van der Waals surface area contributed by atoms with Crippen molar-refractivity contribution >= 4 is 34.1 Å². The fourth-order valence-electron chi connectivity index (χ4n) is 4.53. The lowest BCUT2D eigenvalue weighted by Gasteiger charge is -2.37. The van der Waals surface area contributed by atoms with Gasteiger partial charge in [0.05, 0.1) is 18.2 Å². The molecule has 1 N–H and O–H groups in total. The summed E-state index contributed by atoms with van der Waals surface area (Å²) in [5, 5.41) is 3.63. The van der Waals surface area contributed by atoms with Crippen molar-refractivity contribution in [3.63, 3.8) is 0 Å². The Balaban J connectivity index is 1.40. The largest absolute Gasteiger partial charge is 0.462 e. The number of piperazine rings is 1. The van der Waals surface area contributed by atoms with E-state index in [9.17, 15) is 14.4 Å². The summed E-state index contributed by atoms with van der Waals surface area (Å²) < 4.78 is 5.29. The highest BCUT2D eigenvalue weighted by Crippen LogP contribution is 2.38. The lowest BCUT2D eigenvalue weighted by molar-refractivity contribution is -0.121. The molecule has 1 fully saturated rings. The predicted molar refractivity (Wildman–Crippen MR) is 129 cm³/mol. The molecule has 0 spiro atoms. The van der Waals surface area contributed by atoms with E-state index in [0.717, 1.165) is 31.2 Å². The molecule has 1 unspecified atom stereocenters. The van der Waals surface area contributed by atoms with Gasteiger partial charge in [-0.3, -0.25) is 14.5 Å². The van der Waals surface area contributed by atoms with Gasteiger partial charge in [0.1, 0.15) is 5.00 Å². The molecule has 0 bridgehead atoms. The summed E-state index contributed by atoms with van der Waals surface area (Å²) in [6.07, 6.45) is 3.94. The van der Waals surface area contributed by atoms with Crippen LogP contribution in [0.2, 0.25) is 0 Å². The van der Waals surface area contributed by atoms with Crippen LogP contribution in [0.4, 0.5) is 5.00 Å². The Kier molecular flexibility index (Phi) is 7.45. The first kappa shape index (κ1) is 23.4. The quantitative estimate of drug-likeness (QED) is 0.654. The summed E-state index contributed by atoms with van der Waals surface area (Å²) in [5.74, 6) is -0.467. The minimum Gasteiger partial charge on any atom is -0.462 e. The molecule has 4 rings (SSSR count). The highest BCUT2D eigenvalue weighted by molar-refractivity contribution is 7.17. The summed E-state index contributed by atoms with van der Waals surface area (Å²) in [5.41, 5.74) is 2.26. The molecule has 7 nitrogen and oxygen atoms in total. The van der Waals surface area contributed by atoms with E-state index in [2.05, 4.69) is 10.2 Å². The van der Waals surface area contributed by atoms with Crippen LogP contribution in [0.3, 0.4) is 0 Å². The van der Waals surface area contributed by atoms with E-state index in [-0.39, 0.29) is 23.8 Å². The number of benzene rings is 1. The van der Waals surface area contributed by atoms with Crippen LogP contribution in [-0.4, -0.2) is 66.4 Å². The molecule has 1 atom stereocenters. The van der Waals surface area contributed by atoms with E-state index in [1.165, 1.54) is 16.2 Å². The molecule has 1 aliphatic heterocycles. The maximum atomic E-state index is 13.1. The first-order valence-corrected chi connectivity index (χ1v) is 12.5. The molecule has 2 heterocycles.